The highest BCUT2D eigenvalue weighted by Gasteiger charge is 2.10. The molecule has 0 bridgehead atoms. The molecule has 0 heterocycles. The van der Waals surface area contributed by atoms with Crippen LogP contribution in [0, 0.1) is 6.92 Å². The first-order chi connectivity index (χ1) is 14.9. The molecule has 0 saturated heterocycles. The van der Waals surface area contributed by atoms with Crippen LogP contribution in [0.15, 0.2) is 72.8 Å². The Balaban J connectivity index is 1.55. The average Bonchev–Trinajstić information content (AvgIpc) is 2.75. The highest BCUT2D eigenvalue weighted by molar-refractivity contribution is 7.80. The van der Waals surface area contributed by atoms with Gasteiger partial charge in [0.2, 0.25) is 0 Å². The van der Waals surface area contributed by atoms with Crippen LogP contribution in [0.3, 0.4) is 0 Å². The molecule has 0 unspecified atom stereocenters. The molecule has 0 atom stereocenters. The molecule has 7 heteroatoms. The van der Waals surface area contributed by atoms with Gasteiger partial charge in [0.05, 0.1) is 6.61 Å². The van der Waals surface area contributed by atoms with Crippen LogP contribution in [0.2, 0.25) is 0 Å². The number of rotatable bonds is 6. The summed E-state index contributed by atoms with van der Waals surface area (Å²) >= 11 is 5.23. The number of ether oxygens (including phenoxy) is 1. The Labute approximate surface area is 186 Å². The highest BCUT2D eigenvalue weighted by atomic mass is 32.1. The Morgan fingerprint density at radius 1 is 0.839 bits per heavy atom. The van der Waals surface area contributed by atoms with Gasteiger partial charge in [0.25, 0.3) is 11.8 Å². The van der Waals surface area contributed by atoms with E-state index in [-0.39, 0.29) is 16.9 Å². The predicted molar refractivity (Wildman–Crippen MR) is 127 cm³/mol. The smallest absolute Gasteiger partial charge is 0.257 e. The van der Waals surface area contributed by atoms with Crippen molar-refractivity contribution in [3.8, 4) is 5.75 Å². The van der Waals surface area contributed by atoms with Gasteiger partial charge in [-0.3, -0.25) is 14.9 Å². The molecule has 0 radical (unpaired) electrons. The largest absolute Gasteiger partial charge is 0.494 e. The van der Waals surface area contributed by atoms with E-state index < -0.39 is 0 Å². The predicted octanol–water partition coefficient (Wildman–Crippen LogP) is 4.77. The number of hydrogen-bond acceptors (Lipinski definition) is 4. The molecular weight excluding hydrogens is 410 g/mol. The van der Waals surface area contributed by atoms with Crippen LogP contribution in [0.1, 0.15) is 33.2 Å². The maximum absolute atomic E-state index is 12.4. The maximum atomic E-state index is 12.4. The number of nitrogens with one attached hydrogen (secondary N) is 3. The molecule has 0 aromatic heterocycles. The zero-order valence-corrected chi connectivity index (χ0v) is 18.1. The van der Waals surface area contributed by atoms with Crippen molar-refractivity contribution < 1.29 is 14.3 Å². The molecule has 3 aromatic rings. The summed E-state index contributed by atoms with van der Waals surface area (Å²) in [6, 6.07) is 21.3. The van der Waals surface area contributed by atoms with Crippen molar-refractivity contribution in [1.82, 2.24) is 5.32 Å². The molecule has 0 spiro atoms. The minimum Gasteiger partial charge on any atom is -0.494 e. The third-order valence-electron chi connectivity index (χ3n) is 4.32. The van der Waals surface area contributed by atoms with Gasteiger partial charge in [-0.1, -0.05) is 23.8 Å². The first-order valence-electron chi connectivity index (χ1n) is 9.78. The summed E-state index contributed by atoms with van der Waals surface area (Å²) in [5.41, 5.74) is 3.40. The summed E-state index contributed by atoms with van der Waals surface area (Å²) in [6.07, 6.45) is 0. The molecular formula is C24H23N3O3S. The fourth-order valence-corrected chi connectivity index (χ4v) is 3.07. The van der Waals surface area contributed by atoms with Crippen LogP contribution in [0.5, 0.6) is 5.75 Å². The van der Waals surface area contributed by atoms with E-state index in [1.54, 1.807) is 54.6 Å². The molecule has 0 fully saturated rings. The molecule has 0 aliphatic carbocycles. The molecule has 0 saturated carbocycles. The van der Waals surface area contributed by atoms with Crippen LogP contribution >= 0.6 is 12.2 Å². The molecule has 2 amide bonds. The Hall–Kier alpha value is -3.71. The van der Waals surface area contributed by atoms with E-state index in [0.29, 0.717) is 34.9 Å². The molecule has 6 nitrogen and oxygen atoms in total. The van der Waals surface area contributed by atoms with Gasteiger partial charge in [-0.2, -0.15) is 0 Å². The molecule has 0 aliphatic rings. The first-order valence-corrected chi connectivity index (χ1v) is 10.2. The van der Waals surface area contributed by atoms with Crippen molar-refractivity contribution >= 4 is 40.5 Å². The molecule has 3 rings (SSSR count). The van der Waals surface area contributed by atoms with Gasteiger partial charge in [-0.15, -0.1) is 0 Å². The van der Waals surface area contributed by atoms with Gasteiger partial charge in [0.1, 0.15) is 5.75 Å². The summed E-state index contributed by atoms with van der Waals surface area (Å²) in [6.45, 7) is 4.34. The second kappa shape index (κ2) is 10.4. The minimum atomic E-state index is -0.332. The van der Waals surface area contributed by atoms with Crippen molar-refractivity contribution in [2.45, 2.75) is 13.8 Å². The minimum absolute atomic E-state index is 0.170. The highest BCUT2D eigenvalue weighted by Crippen LogP contribution is 2.16. The van der Waals surface area contributed by atoms with Crippen LogP contribution in [-0.4, -0.2) is 23.5 Å². The van der Waals surface area contributed by atoms with E-state index >= 15 is 0 Å². The number of hydrogen-bond donors (Lipinski definition) is 3. The zero-order chi connectivity index (χ0) is 22.2. The number of amides is 2. The van der Waals surface area contributed by atoms with E-state index in [2.05, 4.69) is 16.0 Å². The average molecular weight is 434 g/mol. The van der Waals surface area contributed by atoms with Gasteiger partial charge in [-0.05, 0) is 80.7 Å². The Morgan fingerprint density at radius 2 is 1.45 bits per heavy atom. The lowest BCUT2D eigenvalue weighted by Crippen LogP contribution is -2.34. The Kier molecular flexibility index (Phi) is 7.35. The SMILES string of the molecule is CCOc1cccc(C(=O)NC(=S)Nc2ccc(NC(=O)c3cccc(C)c3)cc2)c1. The van der Waals surface area contributed by atoms with E-state index in [1.807, 2.05) is 32.0 Å². The lowest BCUT2D eigenvalue weighted by atomic mass is 10.1. The summed E-state index contributed by atoms with van der Waals surface area (Å²) in [5, 5.41) is 8.63. The quantitative estimate of drug-likeness (QED) is 0.488. The molecule has 31 heavy (non-hydrogen) atoms. The molecule has 0 aliphatic heterocycles. The lowest BCUT2D eigenvalue weighted by Gasteiger charge is -2.11. The van der Waals surface area contributed by atoms with Crippen molar-refractivity contribution in [2.75, 3.05) is 17.2 Å². The van der Waals surface area contributed by atoms with Crippen LogP contribution in [-0.2, 0) is 0 Å². The zero-order valence-electron chi connectivity index (χ0n) is 17.3. The number of anilines is 2. The van der Waals surface area contributed by atoms with Crippen molar-refractivity contribution in [3.05, 3.63) is 89.5 Å². The summed E-state index contributed by atoms with van der Waals surface area (Å²) in [5.74, 6) is 0.111. The number of thiocarbonyl (C=S) groups is 1. The Bertz CT molecular complexity index is 1100. The third kappa shape index (κ3) is 6.38. The van der Waals surface area contributed by atoms with Crippen LogP contribution < -0.4 is 20.7 Å². The van der Waals surface area contributed by atoms with E-state index in [1.165, 1.54) is 0 Å². The van der Waals surface area contributed by atoms with E-state index in [0.717, 1.165) is 5.56 Å². The normalized spacial score (nSPS) is 10.1. The molecule has 3 aromatic carbocycles. The topological polar surface area (TPSA) is 79.5 Å². The van der Waals surface area contributed by atoms with Crippen molar-refractivity contribution in [3.63, 3.8) is 0 Å². The fourth-order valence-electron chi connectivity index (χ4n) is 2.86. The molecule has 158 valence electrons. The van der Waals surface area contributed by atoms with Crippen LogP contribution in [0.25, 0.3) is 0 Å². The summed E-state index contributed by atoms with van der Waals surface area (Å²) in [4.78, 5) is 24.7. The third-order valence-corrected chi connectivity index (χ3v) is 4.52. The van der Waals surface area contributed by atoms with E-state index in [4.69, 9.17) is 17.0 Å². The lowest BCUT2D eigenvalue weighted by molar-refractivity contribution is 0.0976. The van der Waals surface area contributed by atoms with Crippen LogP contribution in [0.4, 0.5) is 11.4 Å². The van der Waals surface area contributed by atoms with Gasteiger partial charge in [0, 0.05) is 22.5 Å². The van der Waals surface area contributed by atoms with E-state index in [9.17, 15) is 9.59 Å². The fraction of sp³-hybridized carbons (Fsp3) is 0.125. The second-order valence-corrected chi connectivity index (χ2v) is 7.18. The second-order valence-electron chi connectivity index (χ2n) is 6.77. The number of benzene rings is 3. The van der Waals surface area contributed by atoms with Gasteiger partial charge < -0.3 is 15.4 Å². The summed E-state index contributed by atoms with van der Waals surface area (Å²) in [7, 11) is 0. The number of carbonyl (C=O) groups is 2. The standard InChI is InChI=1S/C24H23N3O3S/c1-3-30-21-9-5-8-18(15-21)23(29)27-24(31)26-20-12-10-19(11-13-20)25-22(28)17-7-4-6-16(2)14-17/h4-15H,3H2,1-2H3,(H,25,28)(H2,26,27,29,31). The van der Waals surface area contributed by atoms with Crippen molar-refractivity contribution in [1.29, 1.82) is 0 Å². The first kappa shape index (κ1) is 22.0. The van der Waals surface area contributed by atoms with Gasteiger partial charge >= 0.3 is 0 Å². The Morgan fingerprint density at radius 3 is 2.10 bits per heavy atom. The van der Waals surface area contributed by atoms with Crippen molar-refractivity contribution in [2.24, 2.45) is 0 Å². The van der Waals surface area contributed by atoms with Gasteiger partial charge in [0.15, 0.2) is 5.11 Å². The number of carbonyl (C=O) groups excluding carboxylic acids is 2. The maximum Gasteiger partial charge on any atom is 0.257 e. The summed E-state index contributed by atoms with van der Waals surface area (Å²) < 4.78 is 5.41. The monoisotopic (exact) mass is 433 g/mol. The molecule has 3 N–H and O–H groups in total. The number of aryl methyl sites for hydroxylation is 1. The van der Waals surface area contributed by atoms with Gasteiger partial charge in [-0.25, -0.2) is 0 Å².